The third kappa shape index (κ3) is 2.44. The minimum atomic E-state index is 0.516. The highest BCUT2D eigenvalue weighted by Crippen LogP contribution is 2.27. The zero-order valence-corrected chi connectivity index (χ0v) is 11.5. The number of benzene rings is 1. The van der Waals surface area contributed by atoms with E-state index in [0.29, 0.717) is 5.13 Å². The van der Waals surface area contributed by atoms with Gasteiger partial charge in [-0.15, -0.1) is 10.2 Å². The van der Waals surface area contributed by atoms with E-state index in [4.69, 9.17) is 5.73 Å². The molecule has 4 nitrogen and oxygen atoms in total. The number of anilines is 2. The minimum Gasteiger partial charge on any atom is -0.374 e. The van der Waals surface area contributed by atoms with Crippen molar-refractivity contribution in [3.8, 4) is 10.6 Å². The molecule has 3 rings (SSSR count). The zero-order valence-electron chi connectivity index (χ0n) is 9.87. The second-order valence-electron chi connectivity index (χ2n) is 4.09. The van der Waals surface area contributed by atoms with Crippen LogP contribution in [0.2, 0.25) is 0 Å². The van der Waals surface area contributed by atoms with Gasteiger partial charge in [-0.25, -0.2) is 0 Å². The van der Waals surface area contributed by atoms with Crippen molar-refractivity contribution < 1.29 is 0 Å². The quantitative estimate of drug-likeness (QED) is 0.914. The van der Waals surface area contributed by atoms with E-state index in [9.17, 15) is 0 Å². The standard InChI is InChI=1S/C12H14N4S2/c13-12-15-14-11(18-12)9-1-3-10(4-2-9)16-5-7-17-8-6-16/h1-4H,5-8H2,(H2,13,15). The number of aromatic nitrogens is 2. The molecule has 2 heterocycles. The molecule has 0 radical (unpaired) electrons. The van der Waals surface area contributed by atoms with Gasteiger partial charge in [-0.1, -0.05) is 11.3 Å². The lowest BCUT2D eigenvalue weighted by molar-refractivity contribution is 0.859. The maximum absolute atomic E-state index is 5.60. The summed E-state index contributed by atoms with van der Waals surface area (Å²) in [7, 11) is 0. The van der Waals surface area contributed by atoms with Crippen LogP contribution in [-0.4, -0.2) is 34.8 Å². The van der Waals surface area contributed by atoms with Gasteiger partial charge in [0.15, 0.2) is 0 Å². The van der Waals surface area contributed by atoms with Gasteiger partial charge in [0, 0.05) is 35.8 Å². The van der Waals surface area contributed by atoms with Gasteiger partial charge < -0.3 is 10.6 Å². The number of hydrogen-bond acceptors (Lipinski definition) is 6. The molecule has 1 saturated heterocycles. The fraction of sp³-hybridized carbons (Fsp3) is 0.333. The van der Waals surface area contributed by atoms with Crippen LogP contribution in [0, 0.1) is 0 Å². The van der Waals surface area contributed by atoms with Crippen molar-refractivity contribution in [3.63, 3.8) is 0 Å². The van der Waals surface area contributed by atoms with Gasteiger partial charge >= 0.3 is 0 Å². The zero-order chi connectivity index (χ0) is 12.4. The first-order valence-corrected chi connectivity index (χ1v) is 7.82. The molecule has 1 aromatic heterocycles. The molecule has 1 aromatic carbocycles. The topological polar surface area (TPSA) is 55.0 Å². The van der Waals surface area contributed by atoms with E-state index in [-0.39, 0.29) is 0 Å². The third-order valence-corrected chi connectivity index (χ3v) is 4.68. The SMILES string of the molecule is Nc1nnc(-c2ccc(N3CCSCC3)cc2)s1. The monoisotopic (exact) mass is 278 g/mol. The Hall–Kier alpha value is -1.27. The summed E-state index contributed by atoms with van der Waals surface area (Å²) in [6, 6.07) is 8.50. The van der Waals surface area contributed by atoms with Crippen molar-refractivity contribution in [2.45, 2.75) is 0 Å². The number of nitrogen functional groups attached to an aromatic ring is 1. The van der Waals surface area contributed by atoms with Crippen molar-refractivity contribution in [1.29, 1.82) is 0 Å². The molecule has 6 heteroatoms. The predicted octanol–water partition coefficient (Wildman–Crippen LogP) is 2.34. The molecule has 1 aliphatic rings. The van der Waals surface area contributed by atoms with Gasteiger partial charge in [-0.3, -0.25) is 0 Å². The number of hydrogen-bond donors (Lipinski definition) is 1. The second kappa shape index (κ2) is 5.16. The summed E-state index contributed by atoms with van der Waals surface area (Å²) in [4.78, 5) is 2.43. The predicted molar refractivity (Wildman–Crippen MR) is 79.3 cm³/mol. The molecule has 1 aliphatic heterocycles. The Labute approximate surface area is 114 Å². The summed E-state index contributed by atoms with van der Waals surface area (Å²) in [5.74, 6) is 2.43. The molecule has 0 bridgehead atoms. The molecule has 0 unspecified atom stereocenters. The van der Waals surface area contributed by atoms with Crippen LogP contribution < -0.4 is 10.6 Å². The highest BCUT2D eigenvalue weighted by atomic mass is 32.2. The van der Waals surface area contributed by atoms with Crippen molar-refractivity contribution in [2.24, 2.45) is 0 Å². The second-order valence-corrected chi connectivity index (χ2v) is 6.33. The van der Waals surface area contributed by atoms with E-state index < -0.39 is 0 Å². The fourth-order valence-corrected chi connectivity index (χ4v) is 3.51. The molecule has 0 saturated carbocycles. The van der Waals surface area contributed by atoms with Crippen LogP contribution in [0.15, 0.2) is 24.3 Å². The maximum atomic E-state index is 5.60. The third-order valence-electron chi connectivity index (χ3n) is 2.93. The lowest BCUT2D eigenvalue weighted by atomic mass is 10.2. The number of nitrogens with zero attached hydrogens (tertiary/aromatic N) is 3. The Morgan fingerprint density at radius 1 is 1.06 bits per heavy atom. The van der Waals surface area contributed by atoms with Gasteiger partial charge in [-0.2, -0.15) is 11.8 Å². The number of nitrogens with two attached hydrogens (primary N) is 1. The molecule has 0 amide bonds. The van der Waals surface area contributed by atoms with Gasteiger partial charge in [0.25, 0.3) is 0 Å². The van der Waals surface area contributed by atoms with Crippen molar-refractivity contribution >= 4 is 33.9 Å². The molecule has 2 aromatic rings. The van der Waals surface area contributed by atoms with Crippen molar-refractivity contribution in [1.82, 2.24) is 10.2 Å². The van der Waals surface area contributed by atoms with E-state index >= 15 is 0 Å². The highest BCUT2D eigenvalue weighted by Gasteiger charge is 2.11. The van der Waals surface area contributed by atoms with E-state index in [0.717, 1.165) is 23.7 Å². The van der Waals surface area contributed by atoms with Gasteiger partial charge in [-0.05, 0) is 24.3 Å². The van der Waals surface area contributed by atoms with Crippen LogP contribution in [0.5, 0.6) is 0 Å². The van der Waals surface area contributed by atoms with Gasteiger partial charge in [0.05, 0.1) is 0 Å². The summed E-state index contributed by atoms with van der Waals surface area (Å²) >= 11 is 3.44. The number of thioether (sulfide) groups is 1. The van der Waals surface area contributed by atoms with E-state index in [2.05, 4.69) is 39.4 Å². The van der Waals surface area contributed by atoms with Crippen LogP contribution in [0.3, 0.4) is 0 Å². The van der Waals surface area contributed by atoms with E-state index in [1.807, 2.05) is 11.8 Å². The Bertz CT molecular complexity index is 517. The summed E-state index contributed by atoms with van der Waals surface area (Å²) in [6.45, 7) is 2.27. The van der Waals surface area contributed by atoms with Gasteiger partial charge in [0.1, 0.15) is 5.01 Å². The first-order chi connectivity index (χ1) is 8.83. The molecule has 18 heavy (non-hydrogen) atoms. The maximum Gasteiger partial charge on any atom is 0.203 e. The molecule has 0 aliphatic carbocycles. The average molecular weight is 278 g/mol. The fourth-order valence-electron chi connectivity index (χ4n) is 1.99. The Kier molecular flexibility index (Phi) is 3.38. The van der Waals surface area contributed by atoms with Crippen molar-refractivity contribution in [3.05, 3.63) is 24.3 Å². The molecular formula is C12H14N4S2. The lowest BCUT2D eigenvalue weighted by Gasteiger charge is -2.28. The molecule has 94 valence electrons. The Balaban J connectivity index is 1.80. The Morgan fingerprint density at radius 2 is 1.78 bits per heavy atom. The molecular weight excluding hydrogens is 264 g/mol. The van der Waals surface area contributed by atoms with Crippen LogP contribution in [0.25, 0.3) is 10.6 Å². The molecule has 0 atom stereocenters. The van der Waals surface area contributed by atoms with E-state index in [1.165, 1.54) is 28.5 Å². The summed E-state index contributed by atoms with van der Waals surface area (Å²) < 4.78 is 0. The van der Waals surface area contributed by atoms with Crippen LogP contribution >= 0.6 is 23.1 Å². The first kappa shape index (κ1) is 11.8. The van der Waals surface area contributed by atoms with Crippen LogP contribution in [-0.2, 0) is 0 Å². The van der Waals surface area contributed by atoms with Gasteiger partial charge in [0.2, 0.25) is 5.13 Å². The summed E-state index contributed by atoms with van der Waals surface area (Å²) in [5.41, 5.74) is 7.97. The largest absolute Gasteiger partial charge is 0.374 e. The Morgan fingerprint density at radius 3 is 2.39 bits per heavy atom. The van der Waals surface area contributed by atoms with Crippen molar-refractivity contribution in [2.75, 3.05) is 35.2 Å². The molecule has 0 spiro atoms. The van der Waals surface area contributed by atoms with Crippen LogP contribution in [0.4, 0.5) is 10.8 Å². The van der Waals surface area contributed by atoms with E-state index in [1.54, 1.807) is 0 Å². The smallest absolute Gasteiger partial charge is 0.203 e. The first-order valence-electron chi connectivity index (χ1n) is 5.85. The number of rotatable bonds is 2. The average Bonchev–Trinajstić information content (AvgIpc) is 2.87. The lowest BCUT2D eigenvalue weighted by Crippen LogP contribution is -2.32. The highest BCUT2D eigenvalue weighted by molar-refractivity contribution is 7.99. The van der Waals surface area contributed by atoms with Crippen LogP contribution in [0.1, 0.15) is 0 Å². The minimum absolute atomic E-state index is 0.516. The summed E-state index contributed by atoms with van der Waals surface area (Å²) in [5, 5.41) is 9.29. The summed E-state index contributed by atoms with van der Waals surface area (Å²) in [6.07, 6.45) is 0. The molecule has 2 N–H and O–H groups in total. The molecule has 1 fully saturated rings. The normalized spacial score (nSPS) is 15.9.